The molecule has 2 heterocycles. The van der Waals surface area contributed by atoms with Crippen LogP contribution >= 0.6 is 11.6 Å². The van der Waals surface area contributed by atoms with Gasteiger partial charge < -0.3 is 15.8 Å². The zero-order chi connectivity index (χ0) is 11.4. The summed E-state index contributed by atoms with van der Waals surface area (Å²) in [6.45, 7) is 1.61. The molecular weight excluding hydrogens is 226 g/mol. The van der Waals surface area contributed by atoms with E-state index >= 15 is 0 Å². The number of nitrogen functional groups attached to an aromatic ring is 1. The first kappa shape index (κ1) is 11.5. The van der Waals surface area contributed by atoms with E-state index in [2.05, 4.69) is 10.3 Å². The van der Waals surface area contributed by atoms with Gasteiger partial charge in [-0.05, 0) is 25.3 Å². The Balaban J connectivity index is 1.88. The molecule has 1 atom stereocenters. The van der Waals surface area contributed by atoms with Crippen LogP contribution in [0.4, 0.5) is 11.5 Å². The second-order valence-electron chi connectivity index (χ2n) is 3.96. The Bertz CT molecular complexity index is 353. The van der Waals surface area contributed by atoms with E-state index in [1.165, 1.54) is 6.42 Å². The number of halogens is 1. The topological polar surface area (TPSA) is 60.2 Å². The molecule has 1 aliphatic rings. The summed E-state index contributed by atoms with van der Waals surface area (Å²) in [4.78, 5) is 4.14. The molecular formula is C11H16ClN3O. The number of pyridine rings is 1. The Morgan fingerprint density at radius 2 is 2.44 bits per heavy atom. The van der Waals surface area contributed by atoms with Gasteiger partial charge in [0, 0.05) is 19.3 Å². The van der Waals surface area contributed by atoms with E-state index in [4.69, 9.17) is 22.1 Å². The number of ether oxygens (including phenoxy) is 1. The maximum absolute atomic E-state index is 5.79. The van der Waals surface area contributed by atoms with E-state index in [0.29, 0.717) is 16.5 Å². The molecule has 0 aliphatic carbocycles. The molecule has 4 nitrogen and oxygen atoms in total. The SMILES string of the molecule is Nc1cc(Cl)cnc1NCC1CCCCO1. The second-order valence-corrected chi connectivity index (χ2v) is 4.40. The zero-order valence-electron chi connectivity index (χ0n) is 9.08. The van der Waals surface area contributed by atoms with Crippen LogP contribution < -0.4 is 11.1 Å². The molecule has 1 aromatic rings. The largest absolute Gasteiger partial charge is 0.396 e. The first-order chi connectivity index (χ1) is 7.75. The summed E-state index contributed by atoms with van der Waals surface area (Å²) in [5.74, 6) is 0.679. The Morgan fingerprint density at radius 3 is 3.12 bits per heavy atom. The van der Waals surface area contributed by atoms with E-state index < -0.39 is 0 Å². The summed E-state index contributed by atoms with van der Waals surface area (Å²) in [7, 11) is 0. The van der Waals surface area contributed by atoms with Gasteiger partial charge >= 0.3 is 0 Å². The smallest absolute Gasteiger partial charge is 0.149 e. The Hall–Kier alpha value is -1.00. The molecule has 0 radical (unpaired) electrons. The lowest BCUT2D eigenvalue weighted by atomic mass is 10.1. The molecule has 16 heavy (non-hydrogen) atoms. The molecule has 0 aromatic carbocycles. The Labute approximate surface area is 100 Å². The van der Waals surface area contributed by atoms with Crippen molar-refractivity contribution in [3.63, 3.8) is 0 Å². The lowest BCUT2D eigenvalue weighted by Gasteiger charge is -2.23. The first-order valence-electron chi connectivity index (χ1n) is 5.52. The van der Waals surface area contributed by atoms with Crippen molar-refractivity contribution in [2.24, 2.45) is 0 Å². The van der Waals surface area contributed by atoms with Gasteiger partial charge in [-0.2, -0.15) is 0 Å². The van der Waals surface area contributed by atoms with E-state index in [1.807, 2.05) is 0 Å². The first-order valence-corrected chi connectivity index (χ1v) is 5.90. The van der Waals surface area contributed by atoms with Crippen LogP contribution in [0.5, 0.6) is 0 Å². The van der Waals surface area contributed by atoms with Gasteiger partial charge in [-0.25, -0.2) is 4.98 Å². The summed E-state index contributed by atoms with van der Waals surface area (Å²) in [6.07, 6.45) is 5.35. The zero-order valence-corrected chi connectivity index (χ0v) is 9.83. The number of nitrogens with two attached hydrogens (primary N) is 1. The molecule has 2 rings (SSSR count). The maximum Gasteiger partial charge on any atom is 0.149 e. The predicted octanol–water partition coefficient (Wildman–Crippen LogP) is 2.30. The van der Waals surface area contributed by atoms with Crippen molar-refractivity contribution in [2.45, 2.75) is 25.4 Å². The van der Waals surface area contributed by atoms with Crippen LogP contribution in [0.2, 0.25) is 5.02 Å². The van der Waals surface area contributed by atoms with Gasteiger partial charge in [-0.15, -0.1) is 0 Å². The average Bonchev–Trinajstić information content (AvgIpc) is 2.29. The van der Waals surface area contributed by atoms with Crippen LogP contribution in [0, 0.1) is 0 Å². The lowest BCUT2D eigenvalue weighted by molar-refractivity contribution is 0.0247. The van der Waals surface area contributed by atoms with Gasteiger partial charge in [0.05, 0.1) is 16.8 Å². The van der Waals surface area contributed by atoms with Crippen LogP contribution in [0.3, 0.4) is 0 Å². The van der Waals surface area contributed by atoms with Crippen molar-refractivity contribution in [1.82, 2.24) is 4.98 Å². The van der Waals surface area contributed by atoms with E-state index in [-0.39, 0.29) is 6.10 Å². The van der Waals surface area contributed by atoms with Gasteiger partial charge in [0.25, 0.3) is 0 Å². The van der Waals surface area contributed by atoms with Crippen LogP contribution in [-0.4, -0.2) is 24.2 Å². The second kappa shape index (κ2) is 5.37. The van der Waals surface area contributed by atoms with E-state index in [0.717, 1.165) is 26.0 Å². The van der Waals surface area contributed by atoms with Gasteiger partial charge in [-0.1, -0.05) is 11.6 Å². The summed E-state index contributed by atoms with van der Waals surface area (Å²) >= 11 is 5.77. The summed E-state index contributed by atoms with van der Waals surface area (Å²) in [5, 5.41) is 3.74. The van der Waals surface area contributed by atoms with Crippen molar-refractivity contribution in [3.05, 3.63) is 17.3 Å². The summed E-state index contributed by atoms with van der Waals surface area (Å²) in [5.41, 5.74) is 6.36. The van der Waals surface area contributed by atoms with Crippen LogP contribution in [0.1, 0.15) is 19.3 Å². The number of hydrogen-bond donors (Lipinski definition) is 2. The fraction of sp³-hybridized carbons (Fsp3) is 0.545. The Morgan fingerprint density at radius 1 is 1.56 bits per heavy atom. The van der Waals surface area contributed by atoms with E-state index in [9.17, 15) is 0 Å². The predicted molar refractivity (Wildman–Crippen MR) is 65.7 cm³/mol. The molecule has 5 heteroatoms. The minimum absolute atomic E-state index is 0.269. The number of nitrogens with zero attached hydrogens (tertiary/aromatic N) is 1. The quantitative estimate of drug-likeness (QED) is 0.853. The third-order valence-electron chi connectivity index (χ3n) is 2.65. The summed E-state index contributed by atoms with van der Waals surface area (Å²) in [6, 6.07) is 1.69. The van der Waals surface area contributed by atoms with Crippen molar-refractivity contribution in [3.8, 4) is 0 Å². The molecule has 1 unspecified atom stereocenters. The van der Waals surface area contributed by atoms with Gasteiger partial charge in [0.1, 0.15) is 5.82 Å². The standard InChI is InChI=1S/C11H16ClN3O/c12-8-5-10(13)11(14-6-8)15-7-9-3-1-2-4-16-9/h5-6,9H,1-4,7,13H2,(H,14,15). The Kier molecular flexibility index (Phi) is 3.85. The minimum Gasteiger partial charge on any atom is -0.396 e. The van der Waals surface area contributed by atoms with Crippen LogP contribution in [-0.2, 0) is 4.74 Å². The highest BCUT2D eigenvalue weighted by Crippen LogP contribution is 2.20. The van der Waals surface area contributed by atoms with Gasteiger partial charge in [-0.3, -0.25) is 0 Å². The highest BCUT2D eigenvalue weighted by Gasteiger charge is 2.14. The number of rotatable bonds is 3. The number of hydrogen-bond acceptors (Lipinski definition) is 4. The molecule has 0 amide bonds. The maximum atomic E-state index is 5.79. The van der Waals surface area contributed by atoms with Crippen molar-refractivity contribution in [1.29, 1.82) is 0 Å². The number of aromatic nitrogens is 1. The minimum atomic E-state index is 0.269. The van der Waals surface area contributed by atoms with Crippen LogP contribution in [0.25, 0.3) is 0 Å². The molecule has 0 spiro atoms. The monoisotopic (exact) mass is 241 g/mol. The average molecular weight is 242 g/mol. The van der Waals surface area contributed by atoms with Gasteiger partial charge in [0.15, 0.2) is 0 Å². The molecule has 1 saturated heterocycles. The molecule has 1 aromatic heterocycles. The van der Waals surface area contributed by atoms with Crippen molar-refractivity contribution < 1.29 is 4.74 Å². The van der Waals surface area contributed by atoms with E-state index in [1.54, 1.807) is 12.3 Å². The van der Waals surface area contributed by atoms with Gasteiger partial charge in [0.2, 0.25) is 0 Å². The molecule has 3 N–H and O–H groups in total. The normalized spacial score (nSPS) is 20.7. The molecule has 0 saturated carbocycles. The highest BCUT2D eigenvalue weighted by molar-refractivity contribution is 6.30. The van der Waals surface area contributed by atoms with Crippen molar-refractivity contribution >= 4 is 23.1 Å². The molecule has 1 fully saturated rings. The fourth-order valence-corrected chi connectivity index (χ4v) is 1.95. The highest BCUT2D eigenvalue weighted by atomic mass is 35.5. The molecule has 1 aliphatic heterocycles. The number of nitrogens with one attached hydrogen (secondary N) is 1. The van der Waals surface area contributed by atoms with Crippen molar-refractivity contribution in [2.75, 3.05) is 24.2 Å². The third-order valence-corrected chi connectivity index (χ3v) is 2.86. The summed E-state index contributed by atoms with van der Waals surface area (Å²) < 4.78 is 5.61. The molecule has 0 bridgehead atoms. The number of anilines is 2. The lowest BCUT2D eigenvalue weighted by Crippen LogP contribution is -2.27. The molecule has 88 valence electrons. The third kappa shape index (κ3) is 3.00. The fourth-order valence-electron chi connectivity index (χ4n) is 1.78. The van der Waals surface area contributed by atoms with Crippen LogP contribution in [0.15, 0.2) is 12.3 Å².